The van der Waals surface area contributed by atoms with E-state index in [-0.39, 0.29) is 4.90 Å². The summed E-state index contributed by atoms with van der Waals surface area (Å²) in [6, 6.07) is 10.4. The minimum absolute atomic E-state index is 0.262. The van der Waals surface area contributed by atoms with Gasteiger partial charge in [-0.1, -0.05) is 42.8 Å². The van der Waals surface area contributed by atoms with Crippen LogP contribution in [0.1, 0.15) is 13.3 Å². The number of benzene rings is 2. The van der Waals surface area contributed by atoms with E-state index in [0.29, 0.717) is 23.5 Å². The first kappa shape index (κ1) is 16.2. The molecule has 0 heterocycles. The standard InChI is InChI=1S/C15H19ClN2O2S/c1-2-9-17-10-11-18-21(19,20)15-8-7-14(16)12-5-3-4-6-13(12)15/h3-8,17-18H,2,9-11H2,1H3. The molecule has 4 nitrogen and oxygen atoms in total. The lowest BCUT2D eigenvalue weighted by atomic mass is 10.1. The third-order valence-corrected chi connectivity index (χ3v) is 4.99. The zero-order valence-electron chi connectivity index (χ0n) is 11.9. The van der Waals surface area contributed by atoms with E-state index in [1.807, 2.05) is 12.1 Å². The average Bonchev–Trinajstić information content (AvgIpc) is 2.47. The van der Waals surface area contributed by atoms with E-state index >= 15 is 0 Å². The molecule has 0 atom stereocenters. The largest absolute Gasteiger partial charge is 0.315 e. The zero-order valence-corrected chi connectivity index (χ0v) is 13.5. The van der Waals surface area contributed by atoms with E-state index in [4.69, 9.17) is 11.6 Å². The molecule has 0 amide bonds. The Morgan fingerprint density at radius 1 is 1.00 bits per heavy atom. The van der Waals surface area contributed by atoms with E-state index in [1.54, 1.807) is 24.3 Å². The van der Waals surface area contributed by atoms with E-state index in [9.17, 15) is 8.42 Å². The molecule has 0 bridgehead atoms. The van der Waals surface area contributed by atoms with Gasteiger partial charge in [-0.05, 0) is 25.1 Å². The highest BCUT2D eigenvalue weighted by Crippen LogP contribution is 2.28. The van der Waals surface area contributed by atoms with Gasteiger partial charge in [-0.2, -0.15) is 0 Å². The van der Waals surface area contributed by atoms with Gasteiger partial charge in [0.05, 0.1) is 4.90 Å². The smallest absolute Gasteiger partial charge is 0.241 e. The van der Waals surface area contributed by atoms with Gasteiger partial charge in [0.15, 0.2) is 0 Å². The lowest BCUT2D eigenvalue weighted by Gasteiger charge is -2.11. The molecule has 2 aromatic rings. The van der Waals surface area contributed by atoms with Gasteiger partial charge in [-0.3, -0.25) is 0 Å². The molecule has 6 heteroatoms. The van der Waals surface area contributed by atoms with Crippen LogP contribution in [-0.4, -0.2) is 28.1 Å². The van der Waals surface area contributed by atoms with Crippen molar-refractivity contribution >= 4 is 32.4 Å². The van der Waals surface area contributed by atoms with E-state index < -0.39 is 10.0 Å². The van der Waals surface area contributed by atoms with Gasteiger partial charge < -0.3 is 5.32 Å². The van der Waals surface area contributed by atoms with Crippen LogP contribution < -0.4 is 10.0 Å². The van der Waals surface area contributed by atoms with Crippen molar-refractivity contribution in [2.45, 2.75) is 18.2 Å². The number of rotatable bonds is 7. The summed E-state index contributed by atoms with van der Waals surface area (Å²) in [5.41, 5.74) is 0. The second-order valence-electron chi connectivity index (χ2n) is 4.74. The van der Waals surface area contributed by atoms with Gasteiger partial charge >= 0.3 is 0 Å². The normalized spacial score (nSPS) is 11.9. The molecule has 0 aliphatic heterocycles. The van der Waals surface area contributed by atoms with E-state index in [1.165, 1.54) is 0 Å². The number of fused-ring (bicyclic) bond motifs is 1. The monoisotopic (exact) mass is 326 g/mol. The molecule has 2 rings (SSSR count). The SMILES string of the molecule is CCCNCCNS(=O)(=O)c1ccc(Cl)c2ccccc12. The topological polar surface area (TPSA) is 58.2 Å². The number of hydrogen-bond donors (Lipinski definition) is 2. The molecule has 0 saturated heterocycles. The van der Waals surface area contributed by atoms with Crippen LogP contribution in [0.15, 0.2) is 41.3 Å². The van der Waals surface area contributed by atoms with Crippen LogP contribution in [0.2, 0.25) is 5.02 Å². The Morgan fingerprint density at radius 2 is 1.71 bits per heavy atom. The van der Waals surface area contributed by atoms with Crippen LogP contribution in [-0.2, 0) is 10.0 Å². The van der Waals surface area contributed by atoms with E-state index in [0.717, 1.165) is 18.4 Å². The van der Waals surface area contributed by atoms with Crippen LogP contribution in [0.3, 0.4) is 0 Å². The molecule has 0 fully saturated rings. The first-order chi connectivity index (χ1) is 10.1. The number of halogens is 1. The number of nitrogens with one attached hydrogen (secondary N) is 2. The molecule has 0 saturated carbocycles. The Bertz CT molecular complexity index is 717. The molecule has 0 aliphatic rings. The molecule has 2 aromatic carbocycles. The summed E-state index contributed by atoms with van der Waals surface area (Å²) in [6.07, 6.45) is 1.02. The molecular formula is C15H19ClN2O2S. The maximum atomic E-state index is 12.4. The van der Waals surface area contributed by atoms with Crippen molar-refractivity contribution in [2.75, 3.05) is 19.6 Å². The first-order valence-corrected chi connectivity index (χ1v) is 8.80. The molecule has 114 valence electrons. The minimum Gasteiger partial charge on any atom is -0.315 e. The number of sulfonamides is 1. The van der Waals surface area contributed by atoms with Gasteiger partial charge in [0.25, 0.3) is 0 Å². The minimum atomic E-state index is -3.54. The molecule has 0 aromatic heterocycles. The maximum Gasteiger partial charge on any atom is 0.241 e. The van der Waals surface area contributed by atoms with E-state index in [2.05, 4.69) is 17.0 Å². The lowest BCUT2D eigenvalue weighted by Crippen LogP contribution is -2.32. The molecule has 0 radical (unpaired) electrons. The Kier molecular flexibility index (Phi) is 5.58. The average molecular weight is 327 g/mol. The van der Waals surface area contributed by atoms with Gasteiger partial charge in [0.1, 0.15) is 0 Å². The predicted molar refractivity (Wildman–Crippen MR) is 87.3 cm³/mol. The Hall–Kier alpha value is -1.14. The molecule has 21 heavy (non-hydrogen) atoms. The summed E-state index contributed by atoms with van der Waals surface area (Å²) in [7, 11) is -3.54. The second-order valence-corrected chi connectivity index (χ2v) is 6.88. The summed E-state index contributed by atoms with van der Waals surface area (Å²) >= 11 is 6.12. The van der Waals surface area contributed by atoms with Crippen LogP contribution in [0, 0.1) is 0 Å². The molecule has 2 N–H and O–H groups in total. The maximum absolute atomic E-state index is 12.4. The molecule has 0 unspecified atom stereocenters. The highest BCUT2D eigenvalue weighted by Gasteiger charge is 2.17. The van der Waals surface area contributed by atoms with Gasteiger partial charge in [-0.15, -0.1) is 0 Å². The Morgan fingerprint density at radius 3 is 2.43 bits per heavy atom. The summed E-state index contributed by atoms with van der Waals surface area (Å²) in [6.45, 7) is 3.92. The number of hydrogen-bond acceptors (Lipinski definition) is 3. The van der Waals surface area contributed by atoms with Crippen molar-refractivity contribution in [1.82, 2.24) is 10.0 Å². The fourth-order valence-corrected chi connectivity index (χ4v) is 3.59. The third kappa shape index (κ3) is 3.95. The van der Waals surface area contributed by atoms with Crippen LogP contribution in [0.4, 0.5) is 0 Å². The van der Waals surface area contributed by atoms with Crippen molar-refractivity contribution in [3.8, 4) is 0 Å². The zero-order chi connectivity index (χ0) is 15.3. The summed E-state index contributed by atoms with van der Waals surface area (Å²) in [4.78, 5) is 0.262. The molecule has 0 aliphatic carbocycles. The van der Waals surface area contributed by atoms with Crippen molar-refractivity contribution in [3.63, 3.8) is 0 Å². The van der Waals surface area contributed by atoms with Gasteiger partial charge in [0.2, 0.25) is 10.0 Å². The third-order valence-electron chi connectivity index (χ3n) is 3.14. The molecular weight excluding hydrogens is 308 g/mol. The quantitative estimate of drug-likeness (QED) is 0.769. The van der Waals surface area contributed by atoms with Crippen LogP contribution in [0.25, 0.3) is 10.8 Å². The highest BCUT2D eigenvalue weighted by atomic mass is 35.5. The molecule has 0 spiro atoms. The first-order valence-electron chi connectivity index (χ1n) is 6.94. The van der Waals surface area contributed by atoms with Gasteiger partial charge in [0, 0.05) is 28.9 Å². The van der Waals surface area contributed by atoms with Crippen molar-refractivity contribution in [1.29, 1.82) is 0 Å². The fraction of sp³-hybridized carbons (Fsp3) is 0.333. The van der Waals surface area contributed by atoms with Crippen molar-refractivity contribution < 1.29 is 8.42 Å². The summed E-state index contributed by atoms with van der Waals surface area (Å²) in [5.74, 6) is 0. The lowest BCUT2D eigenvalue weighted by molar-refractivity contribution is 0.576. The predicted octanol–water partition coefficient (Wildman–Crippen LogP) is 2.77. The van der Waals surface area contributed by atoms with Crippen LogP contribution in [0.5, 0.6) is 0 Å². The summed E-state index contributed by atoms with van der Waals surface area (Å²) in [5, 5.41) is 5.09. The summed E-state index contributed by atoms with van der Waals surface area (Å²) < 4.78 is 27.4. The van der Waals surface area contributed by atoms with Crippen molar-refractivity contribution in [3.05, 3.63) is 41.4 Å². The fourth-order valence-electron chi connectivity index (χ4n) is 2.12. The highest BCUT2D eigenvalue weighted by molar-refractivity contribution is 7.89. The Labute approximate surface area is 130 Å². The van der Waals surface area contributed by atoms with Crippen LogP contribution >= 0.6 is 11.6 Å². The van der Waals surface area contributed by atoms with Gasteiger partial charge in [-0.25, -0.2) is 13.1 Å². The second kappa shape index (κ2) is 7.22. The Balaban J connectivity index is 2.23. The van der Waals surface area contributed by atoms with Crippen molar-refractivity contribution in [2.24, 2.45) is 0 Å².